The number of sulfone groups is 1. The van der Waals surface area contributed by atoms with E-state index in [0.717, 1.165) is 24.2 Å². The van der Waals surface area contributed by atoms with Gasteiger partial charge in [0.05, 0.1) is 11.3 Å². The number of hydrogen-bond donors (Lipinski definition) is 1. The number of carboxylic acids is 1. The highest BCUT2D eigenvalue weighted by Crippen LogP contribution is 2.28. The van der Waals surface area contributed by atoms with Crippen molar-refractivity contribution in [3.05, 3.63) is 29.3 Å². The molecular weight excluding hydrogens is 278 g/mol. The van der Waals surface area contributed by atoms with Crippen molar-refractivity contribution < 1.29 is 18.3 Å². The van der Waals surface area contributed by atoms with E-state index in [1.165, 1.54) is 0 Å². The second-order valence-electron chi connectivity index (χ2n) is 5.04. The van der Waals surface area contributed by atoms with Gasteiger partial charge in [0, 0.05) is 24.5 Å². The predicted octanol–water partition coefficient (Wildman–Crippen LogP) is 1.57. The van der Waals surface area contributed by atoms with Crippen molar-refractivity contribution in [1.29, 1.82) is 0 Å². The Balaban J connectivity index is 2.11. The fourth-order valence-corrected chi connectivity index (χ4v) is 3.80. The second kappa shape index (κ2) is 5.83. The number of benzene rings is 1. The van der Waals surface area contributed by atoms with E-state index >= 15 is 0 Å². The van der Waals surface area contributed by atoms with Crippen molar-refractivity contribution in [1.82, 2.24) is 0 Å². The smallest absolute Gasteiger partial charge is 0.335 e. The van der Waals surface area contributed by atoms with Gasteiger partial charge in [0.2, 0.25) is 0 Å². The lowest BCUT2D eigenvalue weighted by molar-refractivity contribution is 0.0697. The fraction of sp³-hybridized carbons (Fsp3) is 0.500. The van der Waals surface area contributed by atoms with Gasteiger partial charge in [-0.25, -0.2) is 13.2 Å². The summed E-state index contributed by atoms with van der Waals surface area (Å²) in [4.78, 5) is 13.0. The van der Waals surface area contributed by atoms with Crippen LogP contribution in [-0.2, 0) is 16.3 Å². The average Bonchev–Trinajstić information content (AvgIpc) is 2.78. The Kier molecular flexibility index (Phi) is 4.32. The molecule has 2 rings (SSSR count). The molecule has 0 spiro atoms. The summed E-state index contributed by atoms with van der Waals surface area (Å²) in [6.45, 7) is 3.03. The molecule has 0 saturated heterocycles. The van der Waals surface area contributed by atoms with E-state index in [9.17, 15) is 13.2 Å². The molecule has 1 heterocycles. The first-order valence-corrected chi connectivity index (χ1v) is 8.56. The largest absolute Gasteiger partial charge is 0.478 e. The van der Waals surface area contributed by atoms with Gasteiger partial charge in [-0.3, -0.25) is 0 Å². The van der Waals surface area contributed by atoms with Crippen LogP contribution in [-0.4, -0.2) is 44.1 Å². The fourth-order valence-electron chi connectivity index (χ4n) is 2.47. The molecule has 110 valence electrons. The first kappa shape index (κ1) is 14.8. The maximum atomic E-state index is 11.8. The Morgan fingerprint density at radius 2 is 2.10 bits per heavy atom. The third-order valence-electron chi connectivity index (χ3n) is 3.51. The number of anilines is 1. The molecule has 0 saturated carbocycles. The number of carbonyl (C=O) groups is 1. The highest BCUT2D eigenvalue weighted by Gasteiger charge is 2.22. The van der Waals surface area contributed by atoms with Crippen LogP contribution in [0.3, 0.4) is 0 Å². The summed E-state index contributed by atoms with van der Waals surface area (Å²) in [7, 11) is -3.01. The number of aromatic carboxylic acids is 1. The van der Waals surface area contributed by atoms with Gasteiger partial charge in [0.15, 0.2) is 9.84 Å². The Bertz CT molecular complexity index is 610. The number of fused-ring (bicyclic) bond motifs is 1. The van der Waals surface area contributed by atoms with Crippen LogP contribution in [0.2, 0.25) is 0 Å². The van der Waals surface area contributed by atoms with Crippen LogP contribution < -0.4 is 4.90 Å². The molecule has 6 heteroatoms. The van der Waals surface area contributed by atoms with Crippen LogP contribution in [0.5, 0.6) is 0 Å². The minimum Gasteiger partial charge on any atom is -0.478 e. The molecule has 0 fully saturated rings. The van der Waals surface area contributed by atoms with Crippen LogP contribution in [0.15, 0.2) is 18.2 Å². The molecule has 0 aromatic heterocycles. The Hall–Kier alpha value is -1.56. The molecule has 0 atom stereocenters. The van der Waals surface area contributed by atoms with Crippen LogP contribution in [0, 0.1) is 0 Å². The first-order valence-electron chi connectivity index (χ1n) is 6.74. The molecule has 5 nitrogen and oxygen atoms in total. The molecule has 1 aromatic rings. The van der Waals surface area contributed by atoms with Crippen molar-refractivity contribution in [3.8, 4) is 0 Å². The monoisotopic (exact) mass is 297 g/mol. The molecule has 0 bridgehead atoms. The summed E-state index contributed by atoms with van der Waals surface area (Å²) in [5.74, 6) is -0.626. The van der Waals surface area contributed by atoms with Crippen molar-refractivity contribution in [3.63, 3.8) is 0 Å². The summed E-state index contributed by atoms with van der Waals surface area (Å²) < 4.78 is 23.5. The van der Waals surface area contributed by atoms with E-state index in [0.29, 0.717) is 13.0 Å². The molecule has 20 heavy (non-hydrogen) atoms. The normalized spacial score (nSPS) is 14.3. The lowest BCUT2D eigenvalue weighted by Gasteiger charge is -2.19. The van der Waals surface area contributed by atoms with Gasteiger partial charge in [-0.05, 0) is 30.5 Å². The standard InChI is InChI=1S/C14H19NO4S/c1-2-8-20(18,19)9-7-15-6-5-11-3-4-12(14(16)17)10-13(11)15/h3-4,10H,2,5-9H2,1H3,(H,16,17). The predicted molar refractivity (Wildman–Crippen MR) is 78.3 cm³/mol. The highest BCUT2D eigenvalue weighted by atomic mass is 32.2. The molecule has 0 radical (unpaired) electrons. The lowest BCUT2D eigenvalue weighted by Crippen LogP contribution is -2.28. The molecule has 0 unspecified atom stereocenters. The second-order valence-corrected chi connectivity index (χ2v) is 7.34. The van der Waals surface area contributed by atoms with Crippen molar-refractivity contribution >= 4 is 21.5 Å². The maximum Gasteiger partial charge on any atom is 0.335 e. The van der Waals surface area contributed by atoms with Crippen molar-refractivity contribution in [2.45, 2.75) is 19.8 Å². The van der Waals surface area contributed by atoms with Gasteiger partial charge in [-0.15, -0.1) is 0 Å². The van der Waals surface area contributed by atoms with E-state index in [2.05, 4.69) is 0 Å². The summed E-state index contributed by atoms with van der Waals surface area (Å²) in [6.07, 6.45) is 1.46. The quantitative estimate of drug-likeness (QED) is 0.862. The molecule has 1 aliphatic heterocycles. The van der Waals surface area contributed by atoms with Gasteiger partial charge in [0.25, 0.3) is 0 Å². The van der Waals surface area contributed by atoms with Gasteiger partial charge >= 0.3 is 5.97 Å². The molecule has 0 amide bonds. The van der Waals surface area contributed by atoms with Crippen LogP contribution in [0.1, 0.15) is 29.3 Å². The molecule has 1 N–H and O–H groups in total. The number of hydrogen-bond acceptors (Lipinski definition) is 4. The van der Waals surface area contributed by atoms with Gasteiger partial charge in [-0.1, -0.05) is 13.0 Å². The van der Waals surface area contributed by atoms with E-state index in [4.69, 9.17) is 5.11 Å². The summed E-state index contributed by atoms with van der Waals surface area (Å²) in [5, 5.41) is 9.02. The topological polar surface area (TPSA) is 74.7 Å². The molecule has 0 aliphatic carbocycles. The summed E-state index contributed by atoms with van der Waals surface area (Å²) in [6, 6.07) is 5.05. The zero-order valence-electron chi connectivity index (χ0n) is 11.5. The van der Waals surface area contributed by atoms with Crippen molar-refractivity contribution in [2.75, 3.05) is 29.5 Å². The maximum absolute atomic E-state index is 11.8. The molecule has 1 aliphatic rings. The van der Waals surface area contributed by atoms with Gasteiger partial charge < -0.3 is 10.0 Å². The number of rotatable bonds is 6. The van der Waals surface area contributed by atoms with Crippen LogP contribution in [0.25, 0.3) is 0 Å². The zero-order valence-corrected chi connectivity index (χ0v) is 12.3. The average molecular weight is 297 g/mol. The van der Waals surface area contributed by atoms with E-state index in [1.807, 2.05) is 17.9 Å². The Morgan fingerprint density at radius 3 is 2.75 bits per heavy atom. The highest BCUT2D eigenvalue weighted by molar-refractivity contribution is 7.91. The van der Waals surface area contributed by atoms with E-state index in [1.54, 1.807) is 12.1 Å². The Labute approximate surface area is 119 Å². The van der Waals surface area contributed by atoms with E-state index in [-0.39, 0.29) is 17.1 Å². The third-order valence-corrected chi connectivity index (χ3v) is 5.35. The SMILES string of the molecule is CCCS(=O)(=O)CCN1CCc2ccc(C(=O)O)cc21. The van der Waals surface area contributed by atoms with E-state index < -0.39 is 15.8 Å². The number of nitrogens with zero attached hydrogens (tertiary/aromatic N) is 1. The summed E-state index contributed by atoms with van der Waals surface area (Å²) in [5.41, 5.74) is 2.19. The Morgan fingerprint density at radius 1 is 1.35 bits per heavy atom. The van der Waals surface area contributed by atoms with Crippen LogP contribution in [0.4, 0.5) is 5.69 Å². The third kappa shape index (κ3) is 3.30. The van der Waals surface area contributed by atoms with Crippen molar-refractivity contribution in [2.24, 2.45) is 0 Å². The van der Waals surface area contributed by atoms with Gasteiger partial charge in [-0.2, -0.15) is 0 Å². The lowest BCUT2D eigenvalue weighted by atomic mass is 10.1. The first-order chi connectivity index (χ1) is 9.43. The minimum atomic E-state index is -3.01. The molecular formula is C14H19NO4S. The zero-order chi connectivity index (χ0) is 14.8. The minimum absolute atomic E-state index is 0.123. The molecule has 1 aromatic carbocycles. The summed E-state index contributed by atoms with van der Waals surface area (Å²) >= 11 is 0. The van der Waals surface area contributed by atoms with Gasteiger partial charge in [0.1, 0.15) is 0 Å². The van der Waals surface area contributed by atoms with Crippen LogP contribution >= 0.6 is 0 Å². The number of carboxylic acid groups (broad SMARTS) is 1.